The van der Waals surface area contributed by atoms with E-state index in [0.717, 1.165) is 38.5 Å². The van der Waals surface area contributed by atoms with Crippen molar-refractivity contribution in [2.45, 2.75) is 39.3 Å². The van der Waals surface area contributed by atoms with E-state index in [0.29, 0.717) is 24.1 Å². The SMILES string of the molecule is CC(C)(C)c1ccc(CNc2nc3nc(CN4CCOCC4)cc(N)n3n2)cc1. The number of nitrogens with zero attached hydrogens (tertiary/aromatic N) is 5. The van der Waals surface area contributed by atoms with Gasteiger partial charge in [0.2, 0.25) is 5.95 Å². The Morgan fingerprint density at radius 2 is 1.83 bits per heavy atom. The maximum absolute atomic E-state index is 6.19. The Morgan fingerprint density at radius 3 is 2.52 bits per heavy atom. The third-order valence-electron chi connectivity index (χ3n) is 5.15. The van der Waals surface area contributed by atoms with E-state index in [-0.39, 0.29) is 5.41 Å². The number of rotatable bonds is 5. The molecule has 154 valence electrons. The lowest BCUT2D eigenvalue weighted by atomic mass is 9.87. The third kappa shape index (κ3) is 4.65. The Balaban J connectivity index is 1.45. The van der Waals surface area contributed by atoms with Gasteiger partial charge >= 0.3 is 0 Å². The van der Waals surface area contributed by atoms with Crippen molar-refractivity contribution in [1.29, 1.82) is 0 Å². The predicted molar refractivity (Wildman–Crippen MR) is 114 cm³/mol. The second-order valence-electron chi connectivity index (χ2n) is 8.51. The minimum absolute atomic E-state index is 0.150. The maximum Gasteiger partial charge on any atom is 0.256 e. The second kappa shape index (κ2) is 7.96. The van der Waals surface area contributed by atoms with Crippen LogP contribution in [0.3, 0.4) is 0 Å². The van der Waals surface area contributed by atoms with Crippen molar-refractivity contribution in [1.82, 2.24) is 24.5 Å². The topological polar surface area (TPSA) is 93.6 Å². The molecule has 0 aliphatic carbocycles. The van der Waals surface area contributed by atoms with Gasteiger partial charge in [-0.25, -0.2) is 4.98 Å². The molecule has 0 atom stereocenters. The average molecular weight is 396 g/mol. The first-order chi connectivity index (χ1) is 13.9. The first-order valence-electron chi connectivity index (χ1n) is 10.0. The number of hydrogen-bond donors (Lipinski definition) is 2. The lowest BCUT2D eigenvalue weighted by molar-refractivity contribution is 0.0337. The monoisotopic (exact) mass is 395 g/mol. The standard InChI is InChI=1S/C21H29N7O/c1-21(2,3)16-6-4-15(5-7-16)13-23-19-25-20-24-17(12-18(22)28(20)26-19)14-27-8-10-29-11-9-27/h4-7,12H,8-11,13-14,22H2,1-3H3,(H,23,26). The summed E-state index contributed by atoms with van der Waals surface area (Å²) < 4.78 is 6.98. The number of morpholine rings is 1. The van der Waals surface area contributed by atoms with Gasteiger partial charge in [0.05, 0.1) is 18.9 Å². The van der Waals surface area contributed by atoms with Gasteiger partial charge in [-0.05, 0) is 16.5 Å². The van der Waals surface area contributed by atoms with Crippen molar-refractivity contribution >= 4 is 17.5 Å². The number of ether oxygens (including phenoxy) is 1. The fourth-order valence-electron chi connectivity index (χ4n) is 3.39. The Labute approximate surface area is 171 Å². The maximum atomic E-state index is 6.19. The molecule has 0 saturated carbocycles. The number of aromatic nitrogens is 4. The number of anilines is 2. The van der Waals surface area contributed by atoms with Crippen molar-refractivity contribution < 1.29 is 4.74 Å². The third-order valence-corrected chi connectivity index (χ3v) is 5.15. The number of nitrogen functional groups attached to an aromatic ring is 1. The molecule has 1 aromatic carbocycles. The van der Waals surface area contributed by atoms with Crippen molar-refractivity contribution in [2.75, 3.05) is 37.4 Å². The van der Waals surface area contributed by atoms with E-state index in [1.54, 1.807) is 4.52 Å². The van der Waals surface area contributed by atoms with Crippen LogP contribution in [0.1, 0.15) is 37.6 Å². The molecule has 8 nitrogen and oxygen atoms in total. The largest absolute Gasteiger partial charge is 0.383 e. The quantitative estimate of drug-likeness (QED) is 0.685. The van der Waals surface area contributed by atoms with E-state index in [9.17, 15) is 0 Å². The molecule has 1 aliphatic heterocycles. The smallest absolute Gasteiger partial charge is 0.256 e. The summed E-state index contributed by atoms with van der Waals surface area (Å²) >= 11 is 0. The number of fused-ring (bicyclic) bond motifs is 1. The van der Waals surface area contributed by atoms with E-state index in [4.69, 9.17) is 10.5 Å². The molecule has 2 aromatic heterocycles. The van der Waals surface area contributed by atoms with Crippen molar-refractivity contribution in [2.24, 2.45) is 0 Å². The number of hydrogen-bond acceptors (Lipinski definition) is 7. The highest BCUT2D eigenvalue weighted by Gasteiger charge is 2.15. The molecule has 0 amide bonds. The van der Waals surface area contributed by atoms with Gasteiger partial charge in [0.25, 0.3) is 5.78 Å². The van der Waals surface area contributed by atoms with Crippen LogP contribution in [0.5, 0.6) is 0 Å². The van der Waals surface area contributed by atoms with Crippen molar-refractivity contribution in [3.63, 3.8) is 0 Å². The number of benzene rings is 1. The van der Waals surface area contributed by atoms with Gasteiger partial charge in [0.1, 0.15) is 5.82 Å². The van der Waals surface area contributed by atoms with E-state index in [1.165, 1.54) is 11.1 Å². The summed E-state index contributed by atoms with van der Waals surface area (Å²) in [5, 5.41) is 7.72. The Morgan fingerprint density at radius 1 is 1.10 bits per heavy atom. The first kappa shape index (κ1) is 19.6. The lowest BCUT2D eigenvalue weighted by Gasteiger charge is -2.26. The second-order valence-corrected chi connectivity index (χ2v) is 8.51. The number of nitrogens with one attached hydrogen (secondary N) is 1. The van der Waals surface area contributed by atoms with E-state index < -0.39 is 0 Å². The van der Waals surface area contributed by atoms with Crippen LogP contribution >= 0.6 is 0 Å². The molecule has 1 fully saturated rings. The highest BCUT2D eigenvalue weighted by molar-refractivity contribution is 5.46. The zero-order valence-electron chi connectivity index (χ0n) is 17.4. The summed E-state index contributed by atoms with van der Waals surface area (Å²) in [6.07, 6.45) is 0. The van der Waals surface area contributed by atoms with Gasteiger partial charge in [-0.15, -0.1) is 5.10 Å². The van der Waals surface area contributed by atoms with Crippen LogP contribution in [-0.4, -0.2) is 50.8 Å². The highest BCUT2D eigenvalue weighted by atomic mass is 16.5. The predicted octanol–water partition coefficient (Wildman–Crippen LogP) is 2.45. The zero-order chi connectivity index (χ0) is 20.4. The van der Waals surface area contributed by atoms with Crippen LogP contribution in [0.15, 0.2) is 30.3 Å². The van der Waals surface area contributed by atoms with Gasteiger partial charge in [-0.2, -0.15) is 9.50 Å². The Hall–Kier alpha value is -2.71. The molecule has 1 saturated heterocycles. The van der Waals surface area contributed by atoms with Gasteiger partial charge in [0.15, 0.2) is 0 Å². The summed E-state index contributed by atoms with van der Waals surface area (Å²) in [5.74, 6) is 1.57. The van der Waals surface area contributed by atoms with Crippen LogP contribution in [-0.2, 0) is 23.2 Å². The first-order valence-corrected chi connectivity index (χ1v) is 10.0. The van der Waals surface area contributed by atoms with Crippen LogP contribution in [0, 0.1) is 0 Å². The summed E-state index contributed by atoms with van der Waals surface area (Å²) in [5.41, 5.74) is 9.73. The molecule has 3 N–H and O–H groups in total. The number of nitrogens with two attached hydrogens (primary N) is 1. The molecule has 0 bridgehead atoms. The summed E-state index contributed by atoms with van der Waals surface area (Å²) in [7, 11) is 0. The molecule has 29 heavy (non-hydrogen) atoms. The van der Waals surface area contributed by atoms with Crippen molar-refractivity contribution in [3.8, 4) is 0 Å². The van der Waals surface area contributed by atoms with Gasteiger partial charge in [-0.1, -0.05) is 45.0 Å². The van der Waals surface area contributed by atoms with Crippen LogP contribution in [0.2, 0.25) is 0 Å². The van der Waals surface area contributed by atoms with E-state index in [2.05, 4.69) is 70.3 Å². The minimum atomic E-state index is 0.150. The molecule has 0 spiro atoms. The van der Waals surface area contributed by atoms with Gasteiger partial charge in [-0.3, -0.25) is 4.90 Å². The molecule has 3 aromatic rings. The average Bonchev–Trinajstić information content (AvgIpc) is 3.10. The van der Waals surface area contributed by atoms with Crippen LogP contribution < -0.4 is 11.1 Å². The molecular formula is C21H29N7O. The lowest BCUT2D eigenvalue weighted by Crippen LogP contribution is -2.35. The van der Waals surface area contributed by atoms with Crippen LogP contribution in [0.25, 0.3) is 5.78 Å². The molecule has 0 unspecified atom stereocenters. The molecule has 0 radical (unpaired) electrons. The van der Waals surface area contributed by atoms with E-state index >= 15 is 0 Å². The minimum Gasteiger partial charge on any atom is -0.383 e. The van der Waals surface area contributed by atoms with Gasteiger partial charge < -0.3 is 15.8 Å². The molecule has 3 heterocycles. The molecule has 4 rings (SSSR count). The summed E-state index contributed by atoms with van der Waals surface area (Å²) in [6.45, 7) is 11.3. The summed E-state index contributed by atoms with van der Waals surface area (Å²) in [6, 6.07) is 10.5. The molecule has 1 aliphatic rings. The normalized spacial score (nSPS) is 15.7. The van der Waals surface area contributed by atoms with Gasteiger partial charge in [0, 0.05) is 32.2 Å². The fraction of sp³-hybridized carbons (Fsp3) is 0.476. The van der Waals surface area contributed by atoms with Crippen molar-refractivity contribution in [3.05, 3.63) is 47.2 Å². The summed E-state index contributed by atoms with van der Waals surface area (Å²) in [4.78, 5) is 11.4. The Kier molecular flexibility index (Phi) is 5.38. The highest BCUT2D eigenvalue weighted by Crippen LogP contribution is 2.22. The van der Waals surface area contributed by atoms with Crippen LogP contribution in [0.4, 0.5) is 11.8 Å². The molecular weight excluding hydrogens is 366 g/mol. The fourth-order valence-corrected chi connectivity index (χ4v) is 3.39. The molecule has 8 heteroatoms. The van der Waals surface area contributed by atoms with E-state index in [1.807, 2.05) is 6.07 Å². The Bertz CT molecular complexity index is 969. The zero-order valence-corrected chi connectivity index (χ0v) is 17.4.